The van der Waals surface area contributed by atoms with Crippen LogP contribution in [0.15, 0.2) is 12.3 Å². The number of rotatable bonds is 6. The monoisotopic (exact) mass is 289 g/mol. The highest BCUT2D eigenvalue weighted by molar-refractivity contribution is 5.06. The Kier molecular flexibility index (Phi) is 4.68. The fourth-order valence-corrected chi connectivity index (χ4v) is 4.72. The van der Waals surface area contributed by atoms with E-state index in [1.54, 1.807) is 0 Å². The maximum absolute atomic E-state index is 4.89. The van der Waals surface area contributed by atoms with Gasteiger partial charge in [-0.3, -0.25) is 4.68 Å². The van der Waals surface area contributed by atoms with E-state index in [0.29, 0.717) is 17.5 Å². The fraction of sp³-hybridized carbons (Fsp3) is 0.833. The molecule has 0 amide bonds. The molecular weight excluding hydrogens is 258 g/mol. The largest absolute Gasteiger partial charge is 0.316 e. The van der Waals surface area contributed by atoms with Crippen molar-refractivity contribution < 1.29 is 0 Å². The van der Waals surface area contributed by atoms with Crippen LogP contribution in [0.2, 0.25) is 0 Å². The maximum Gasteiger partial charge on any atom is 0.0640 e. The van der Waals surface area contributed by atoms with E-state index in [9.17, 15) is 0 Å². The molecule has 0 bridgehead atoms. The lowest BCUT2D eigenvalue weighted by atomic mass is 9.74. The van der Waals surface area contributed by atoms with Gasteiger partial charge >= 0.3 is 0 Å². The Bertz CT molecular complexity index is 439. The van der Waals surface area contributed by atoms with Gasteiger partial charge in [0.05, 0.1) is 11.7 Å². The van der Waals surface area contributed by atoms with Crippen molar-refractivity contribution in [2.24, 2.45) is 5.41 Å². The molecule has 0 aromatic carbocycles. The summed E-state index contributed by atoms with van der Waals surface area (Å²) >= 11 is 0. The van der Waals surface area contributed by atoms with E-state index < -0.39 is 0 Å². The molecule has 0 spiro atoms. The Labute approximate surface area is 129 Å². The van der Waals surface area contributed by atoms with Crippen molar-refractivity contribution in [3.63, 3.8) is 0 Å². The molecule has 1 aromatic rings. The Balaban J connectivity index is 1.69. The van der Waals surface area contributed by atoms with Crippen LogP contribution in [0.3, 0.4) is 0 Å². The van der Waals surface area contributed by atoms with Gasteiger partial charge in [0.15, 0.2) is 0 Å². The molecule has 1 N–H and O–H groups in total. The van der Waals surface area contributed by atoms with Gasteiger partial charge in [-0.25, -0.2) is 0 Å². The maximum atomic E-state index is 4.89. The first-order valence-corrected chi connectivity index (χ1v) is 8.99. The van der Waals surface area contributed by atoms with Crippen LogP contribution < -0.4 is 5.32 Å². The molecule has 2 aliphatic carbocycles. The first-order chi connectivity index (χ1) is 10.3. The summed E-state index contributed by atoms with van der Waals surface area (Å²) < 4.78 is 2.24. The first-order valence-electron chi connectivity index (χ1n) is 8.99. The van der Waals surface area contributed by atoms with Crippen LogP contribution in [0, 0.1) is 5.41 Å². The third kappa shape index (κ3) is 3.03. The van der Waals surface area contributed by atoms with Crippen LogP contribution in [0.25, 0.3) is 0 Å². The minimum atomic E-state index is 0.506. The average molecular weight is 289 g/mol. The van der Waals surface area contributed by atoms with Crippen LogP contribution in [0.4, 0.5) is 0 Å². The first kappa shape index (κ1) is 15.1. The van der Waals surface area contributed by atoms with Gasteiger partial charge < -0.3 is 5.32 Å². The van der Waals surface area contributed by atoms with E-state index in [4.69, 9.17) is 5.10 Å². The van der Waals surface area contributed by atoms with Gasteiger partial charge in [0, 0.05) is 18.7 Å². The highest BCUT2D eigenvalue weighted by Gasteiger charge is 2.39. The van der Waals surface area contributed by atoms with Crippen molar-refractivity contribution in [1.82, 2.24) is 15.1 Å². The van der Waals surface area contributed by atoms with Gasteiger partial charge in [-0.1, -0.05) is 32.6 Å². The Morgan fingerprint density at radius 2 is 2.00 bits per heavy atom. The second-order valence-corrected chi connectivity index (χ2v) is 7.19. The number of hydrogen-bond acceptors (Lipinski definition) is 2. The predicted molar refractivity (Wildman–Crippen MR) is 87.5 cm³/mol. The topological polar surface area (TPSA) is 29.9 Å². The molecule has 2 saturated carbocycles. The molecule has 3 rings (SSSR count). The zero-order valence-electron chi connectivity index (χ0n) is 13.8. The van der Waals surface area contributed by atoms with Gasteiger partial charge in [0.1, 0.15) is 0 Å². The van der Waals surface area contributed by atoms with E-state index in [1.165, 1.54) is 63.5 Å². The van der Waals surface area contributed by atoms with E-state index >= 15 is 0 Å². The van der Waals surface area contributed by atoms with Crippen molar-refractivity contribution in [3.8, 4) is 0 Å². The Morgan fingerprint density at radius 1 is 1.29 bits per heavy atom. The standard InChI is InChI=1S/C18H31N3/c1-3-18(11-6-7-12-18)17(19-2)14-15-10-13-21(20-15)16-8-4-5-9-16/h10,13,16-17,19H,3-9,11-12,14H2,1-2H3. The minimum absolute atomic E-state index is 0.506. The summed E-state index contributed by atoms with van der Waals surface area (Å²) in [5, 5.41) is 8.51. The Hall–Kier alpha value is -0.830. The van der Waals surface area contributed by atoms with Gasteiger partial charge in [0.2, 0.25) is 0 Å². The number of hydrogen-bond donors (Lipinski definition) is 1. The number of likely N-dealkylation sites (N-methyl/N-ethyl adjacent to an activating group) is 1. The van der Waals surface area contributed by atoms with Gasteiger partial charge in [-0.2, -0.15) is 5.10 Å². The third-order valence-corrected chi connectivity index (χ3v) is 6.17. The fourth-order valence-electron chi connectivity index (χ4n) is 4.72. The lowest BCUT2D eigenvalue weighted by Gasteiger charge is -2.36. The van der Waals surface area contributed by atoms with E-state index in [2.05, 4.69) is 36.2 Å². The summed E-state index contributed by atoms with van der Waals surface area (Å²) in [7, 11) is 2.13. The summed E-state index contributed by atoms with van der Waals surface area (Å²) in [6.07, 6.45) is 15.6. The average Bonchev–Trinajstić information content (AvgIpc) is 3.23. The molecule has 1 heterocycles. The van der Waals surface area contributed by atoms with Crippen LogP contribution in [-0.4, -0.2) is 22.9 Å². The lowest BCUT2D eigenvalue weighted by Crippen LogP contribution is -2.43. The van der Waals surface area contributed by atoms with Gasteiger partial charge in [-0.05, 0) is 50.6 Å². The van der Waals surface area contributed by atoms with Crippen molar-refractivity contribution in [3.05, 3.63) is 18.0 Å². The molecule has 1 unspecified atom stereocenters. The number of nitrogens with zero attached hydrogens (tertiary/aromatic N) is 2. The van der Waals surface area contributed by atoms with E-state index in [-0.39, 0.29) is 0 Å². The zero-order valence-corrected chi connectivity index (χ0v) is 13.8. The molecule has 0 saturated heterocycles. The van der Waals surface area contributed by atoms with Crippen LogP contribution in [0.5, 0.6) is 0 Å². The molecule has 118 valence electrons. The lowest BCUT2D eigenvalue weighted by molar-refractivity contribution is 0.191. The van der Waals surface area contributed by atoms with Gasteiger partial charge in [-0.15, -0.1) is 0 Å². The number of nitrogens with one attached hydrogen (secondary N) is 1. The molecule has 0 radical (unpaired) electrons. The van der Waals surface area contributed by atoms with Crippen LogP contribution in [-0.2, 0) is 6.42 Å². The molecule has 21 heavy (non-hydrogen) atoms. The van der Waals surface area contributed by atoms with Crippen LogP contribution in [0.1, 0.15) is 76.4 Å². The summed E-state index contributed by atoms with van der Waals surface area (Å²) in [5.41, 5.74) is 1.78. The van der Waals surface area contributed by atoms with Gasteiger partial charge in [0.25, 0.3) is 0 Å². The third-order valence-electron chi connectivity index (χ3n) is 6.17. The molecule has 3 heteroatoms. The summed E-state index contributed by atoms with van der Waals surface area (Å²) in [5.74, 6) is 0. The summed E-state index contributed by atoms with van der Waals surface area (Å²) in [6.45, 7) is 2.37. The summed E-state index contributed by atoms with van der Waals surface area (Å²) in [4.78, 5) is 0. The Morgan fingerprint density at radius 3 is 2.62 bits per heavy atom. The second-order valence-electron chi connectivity index (χ2n) is 7.19. The van der Waals surface area contributed by atoms with Crippen molar-refractivity contribution in [1.29, 1.82) is 0 Å². The quantitative estimate of drug-likeness (QED) is 0.854. The molecule has 2 aliphatic rings. The molecule has 2 fully saturated rings. The SMILES string of the molecule is CCC1(C(Cc2ccn(C3CCCC3)n2)NC)CCCC1. The highest BCUT2D eigenvalue weighted by atomic mass is 15.3. The molecule has 1 atom stereocenters. The minimum Gasteiger partial charge on any atom is -0.316 e. The van der Waals surface area contributed by atoms with Crippen molar-refractivity contribution >= 4 is 0 Å². The highest BCUT2D eigenvalue weighted by Crippen LogP contribution is 2.44. The van der Waals surface area contributed by atoms with Crippen molar-refractivity contribution in [2.45, 2.75) is 83.2 Å². The second kappa shape index (κ2) is 6.51. The van der Waals surface area contributed by atoms with Crippen molar-refractivity contribution in [2.75, 3.05) is 7.05 Å². The number of aromatic nitrogens is 2. The van der Waals surface area contributed by atoms with Crippen LogP contribution >= 0.6 is 0 Å². The molecule has 3 nitrogen and oxygen atoms in total. The molecular formula is C18H31N3. The normalized spacial score (nSPS) is 23.7. The summed E-state index contributed by atoms with van der Waals surface area (Å²) in [6, 6.07) is 3.50. The zero-order chi connectivity index (χ0) is 14.7. The van der Waals surface area contributed by atoms with E-state index in [1.807, 2.05) is 0 Å². The predicted octanol–water partition coefficient (Wildman–Crippen LogP) is 4.10. The molecule has 1 aromatic heterocycles. The molecule has 0 aliphatic heterocycles. The smallest absolute Gasteiger partial charge is 0.0640 e. The van der Waals surface area contributed by atoms with E-state index in [0.717, 1.165) is 6.42 Å².